The molecule has 0 aromatic heterocycles. The molecule has 1 aliphatic heterocycles. The summed E-state index contributed by atoms with van der Waals surface area (Å²) in [5.41, 5.74) is 4.66. The molecule has 5 heteroatoms. The van der Waals surface area contributed by atoms with E-state index in [2.05, 4.69) is 10.6 Å². The normalized spacial score (nSPS) is 14.3. The van der Waals surface area contributed by atoms with Gasteiger partial charge in [-0.05, 0) is 48.9 Å². The highest BCUT2D eigenvalue weighted by Gasteiger charge is 2.28. The molecular weight excluding hydrogens is 372 g/mol. The summed E-state index contributed by atoms with van der Waals surface area (Å²) in [6.07, 6.45) is 0. The Morgan fingerprint density at radius 3 is 2.50 bits per heavy atom. The minimum absolute atomic E-state index is 0.158. The van der Waals surface area contributed by atoms with E-state index in [1.54, 1.807) is 12.1 Å². The van der Waals surface area contributed by atoms with Gasteiger partial charge in [-0.3, -0.25) is 4.79 Å². The summed E-state index contributed by atoms with van der Waals surface area (Å²) in [7, 11) is 0. The monoisotopic (exact) mass is 390 g/mol. The molecule has 0 saturated carbocycles. The largest absolute Gasteiger partial charge is 0.494 e. The number of carbonyl (C=O) groups is 1. The Hall–Kier alpha value is -3.24. The molecule has 0 aliphatic carbocycles. The van der Waals surface area contributed by atoms with Crippen molar-refractivity contribution >= 4 is 40.2 Å². The van der Waals surface area contributed by atoms with E-state index in [1.807, 2.05) is 67.6 Å². The van der Waals surface area contributed by atoms with E-state index in [0.29, 0.717) is 17.2 Å². The van der Waals surface area contributed by atoms with Crippen molar-refractivity contribution in [2.45, 2.75) is 6.92 Å². The Kier molecular flexibility index (Phi) is 5.04. The van der Waals surface area contributed by atoms with E-state index < -0.39 is 0 Å². The summed E-state index contributed by atoms with van der Waals surface area (Å²) in [5.74, 6) is 0.648. The highest BCUT2D eigenvalue weighted by molar-refractivity contribution is 6.38. The Morgan fingerprint density at radius 2 is 1.79 bits per heavy atom. The fourth-order valence-corrected chi connectivity index (χ4v) is 3.39. The third kappa shape index (κ3) is 3.59. The van der Waals surface area contributed by atoms with Gasteiger partial charge in [0.05, 0.1) is 23.6 Å². The summed E-state index contributed by atoms with van der Waals surface area (Å²) < 4.78 is 5.51. The molecule has 3 aromatic rings. The Balaban J connectivity index is 1.81. The van der Waals surface area contributed by atoms with E-state index in [4.69, 9.17) is 16.3 Å². The van der Waals surface area contributed by atoms with Gasteiger partial charge in [0.15, 0.2) is 0 Å². The molecule has 0 atom stereocenters. The highest BCUT2D eigenvalue weighted by Crippen LogP contribution is 2.38. The number of halogens is 1. The topological polar surface area (TPSA) is 50.4 Å². The minimum Gasteiger partial charge on any atom is -0.494 e. The highest BCUT2D eigenvalue weighted by atomic mass is 35.5. The van der Waals surface area contributed by atoms with Gasteiger partial charge in [0.25, 0.3) is 5.91 Å². The summed E-state index contributed by atoms with van der Waals surface area (Å²) in [6, 6.07) is 22.9. The maximum Gasteiger partial charge on any atom is 0.258 e. The second kappa shape index (κ2) is 7.79. The van der Waals surface area contributed by atoms with Crippen LogP contribution in [0.4, 0.5) is 11.4 Å². The number of benzene rings is 3. The van der Waals surface area contributed by atoms with Crippen molar-refractivity contribution in [1.82, 2.24) is 0 Å². The number of hydrogen-bond donors (Lipinski definition) is 2. The van der Waals surface area contributed by atoms with Gasteiger partial charge in [0.1, 0.15) is 5.75 Å². The lowest BCUT2D eigenvalue weighted by Crippen LogP contribution is -2.10. The first kappa shape index (κ1) is 18.1. The van der Waals surface area contributed by atoms with Crippen LogP contribution in [0, 0.1) is 0 Å². The summed E-state index contributed by atoms with van der Waals surface area (Å²) in [5, 5.41) is 6.92. The molecule has 1 heterocycles. The van der Waals surface area contributed by atoms with Crippen LogP contribution >= 0.6 is 11.6 Å². The van der Waals surface area contributed by atoms with Gasteiger partial charge in [-0.25, -0.2) is 0 Å². The van der Waals surface area contributed by atoms with Crippen LogP contribution in [0.2, 0.25) is 5.02 Å². The van der Waals surface area contributed by atoms with Crippen LogP contribution < -0.4 is 15.4 Å². The SMILES string of the molecule is CCOc1ccc(N/C(=C2\C(=O)Nc3cc(Cl)ccc32)c2ccccc2)cc1. The van der Waals surface area contributed by atoms with Crippen LogP contribution in [0.25, 0.3) is 11.3 Å². The standard InChI is InChI=1S/C23H19ClN2O2/c1-2-28-18-11-9-17(10-12-18)25-22(15-6-4-3-5-7-15)21-19-13-8-16(24)14-20(19)26-23(21)27/h3-14,25H,2H2,1H3,(H,26,27)/b22-21-. The molecule has 3 aromatic carbocycles. The minimum atomic E-state index is -0.158. The molecule has 2 N–H and O–H groups in total. The number of hydrogen-bond acceptors (Lipinski definition) is 3. The number of ether oxygens (including phenoxy) is 1. The third-order valence-corrected chi connectivity index (χ3v) is 4.71. The first-order valence-electron chi connectivity index (χ1n) is 9.06. The Bertz CT molecular complexity index is 1040. The lowest BCUT2D eigenvalue weighted by Gasteiger charge is -2.15. The van der Waals surface area contributed by atoms with Gasteiger partial charge in [-0.15, -0.1) is 0 Å². The molecule has 1 amide bonds. The van der Waals surface area contributed by atoms with E-state index in [9.17, 15) is 4.79 Å². The zero-order valence-electron chi connectivity index (χ0n) is 15.3. The molecule has 0 saturated heterocycles. The number of rotatable bonds is 5. The summed E-state index contributed by atoms with van der Waals surface area (Å²) in [4.78, 5) is 12.8. The number of fused-ring (bicyclic) bond motifs is 1. The molecule has 0 bridgehead atoms. The third-order valence-electron chi connectivity index (χ3n) is 4.47. The quantitative estimate of drug-likeness (QED) is 0.552. The number of amides is 1. The predicted octanol–water partition coefficient (Wildman–Crippen LogP) is 5.67. The van der Waals surface area contributed by atoms with Crippen molar-refractivity contribution in [1.29, 1.82) is 0 Å². The van der Waals surface area contributed by atoms with Gasteiger partial charge in [-0.1, -0.05) is 48.0 Å². The van der Waals surface area contributed by atoms with Crippen molar-refractivity contribution in [3.8, 4) is 5.75 Å². The van der Waals surface area contributed by atoms with E-state index >= 15 is 0 Å². The summed E-state index contributed by atoms with van der Waals surface area (Å²) in [6.45, 7) is 2.57. The first-order valence-corrected chi connectivity index (χ1v) is 9.44. The molecular formula is C23H19ClN2O2. The van der Waals surface area contributed by atoms with Gasteiger partial charge in [0, 0.05) is 16.3 Å². The van der Waals surface area contributed by atoms with Crippen LogP contribution in [0.3, 0.4) is 0 Å². The second-order valence-corrected chi connectivity index (χ2v) is 6.78. The van der Waals surface area contributed by atoms with E-state index in [-0.39, 0.29) is 5.91 Å². The van der Waals surface area contributed by atoms with Crippen LogP contribution in [-0.4, -0.2) is 12.5 Å². The summed E-state index contributed by atoms with van der Waals surface area (Å²) >= 11 is 6.09. The fourth-order valence-electron chi connectivity index (χ4n) is 3.22. The lowest BCUT2D eigenvalue weighted by atomic mass is 10.00. The second-order valence-electron chi connectivity index (χ2n) is 6.34. The van der Waals surface area contributed by atoms with E-state index in [1.165, 1.54) is 0 Å². The Labute approximate surface area is 168 Å². The van der Waals surface area contributed by atoms with Gasteiger partial charge in [-0.2, -0.15) is 0 Å². The van der Waals surface area contributed by atoms with Gasteiger partial charge in [0.2, 0.25) is 0 Å². The zero-order valence-corrected chi connectivity index (χ0v) is 16.1. The van der Waals surface area contributed by atoms with Crippen LogP contribution in [0.15, 0.2) is 72.8 Å². The molecule has 140 valence electrons. The van der Waals surface area contributed by atoms with Crippen LogP contribution in [0.5, 0.6) is 5.75 Å². The molecule has 1 aliphatic rings. The van der Waals surface area contributed by atoms with Gasteiger partial charge >= 0.3 is 0 Å². The smallest absolute Gasteiger partial charge is 0.258 e. The number of carbonyl (C=O) groups excluding carboxylic acids is 1. The average Bonchev–Trinajstić information content (AvgIpc) is 3.03. The molecule has 0 spiro atoms. The van der Waals surface area contributed by atoms with Crippen molar-refractivity contribution in [3.63, 3.8) is 0 Å². The molecule has 4 nitrogen and oxygen atoms in total. The van der Waals surface area contributed by atoms with Crippen LogP contribution in [-0.2, 0) is 4.79 Å². The van der Waals surface area contributed by atoms with Crippen molar-refractivity contribution in [2.75, 3.05) is 17.2 Å². The molecule has 28 heavy (non-hydrogen) atoms. The Morgan fingerprint density at radius 1 is 1.04 bits per heavy atom. The van der Waals surface area contributed by atoms with Crippen molar-refractivity contribution in [3.05, 3.63) is 88.9 Å². The molecule has 0 unspecified atom stereocenters. The predicted molar refractivity (Wildman–Crippen MR) is 115 cm³/mol. The molecule has 4 rings (SSSR count). The average molecular weight is 391 g/mol. The first-order chi connectivity index (χ1) is 13.7. The maximum atomic E-state index is 12.8. The molecule has 0 fully saturated rings. The van der Waals surface area contributed by atoms with Crippen molar-refractivity contribution < 1.29 is 9.53 Å². The number of anilines is 2. The van der Waals surface area contributed by atoms with Crippen molar-refractivity contribution in [2.24, 2.45) is 0 Å². The zero-order chi connectivity index (χ0) is 19.5. The van der Waals surface area contributed by atoms with E-state index in [0.717, 1.165) is 33.9 Å². The lowest BCUT2D eigenvalue weighted by molar-refractivity contribution is -0.110. The fraction of sp³-hybridized carbons (Fsp3) is 0.0870. The number of nitrogens with one attached hydrogen (secondary N) is 2. The molecule has 0 radical (unpaired) electrons. The van der Waals surface area contributed by atoms with Crippen LogP contribution in [0.1, 0.15) is 18.1 Å². The van der Waals surface area contributed by atoms with Gasteiger partial charge < -0.3 is 15.4 Å². The maximum absolute atomic E-state index is 12.8.